The molecule has 0 radical (unpaired) electrons. The molecule has 1 aliphatic heterocycles. The summed E-state index contributed by atoms with van der Waals surface area (Å²) in [6.07, 6.45) is 2.88. The number of nitrogens with one attached hydrogen (secondary N) is 1. The molecule has 0 bridgehead atoms. The Balaban J connectivity index is 1.62. The molecule has 1 aliphatic rings. The number of hydrogen-bond donors (Lipinski definition) is 2. The standard InChI is InChI=1S/C19H19N3O4/c1-26-17-11-13(4-9-16(17)23)12-20-21-19(25)14-5-7-15(8-6-14)22-10-2-3-18(22)24/h4-9,11-12,23H,2-3,10H2,1H3,(H,21,25)/b20-12-. The quantitative estimate of drug-likeness (QED) is 0.637. The van der Waals surface area contributed by atoms with Crippen LogP contribution in [0.15, 0.2) is 47.6 Å². The number of aromatic hydroxyl groups is 1. The van der Waals surface area contributed by atoms with Gasteiger partial charge in [0.25, 0.3) is 5.91 Å². The van der Waals surface area contributed by atoms with Crippen molar-refractivity contribution in [3.05, 3.63) is 53.6 Å². The number of anilines is 1. The summed E-state index contributed by atoms with van der Waals surface area (Å²) in [6, 6.07) is 11.6. The molecule has 0 saturated carbocycles. The van der Waals surface area contributed by atoms with Crippen LogP contribution in [-0.2, 0) is 4.79 Å². The van der Waals surface area contributed by atoms with E-state index in [4.69, 9.17) is 4.74 Å². The molecule has 1 saturated heterocycles. The zero-order valence-electron chi connectivity index (χ0n) is 14.3. The predicted octanol–water partition coefficient (Wildman–Crippen LogP) is 2.29. The van der Waals surface area contributed by atoms with Crippen LogP contribution in [-0.4, -0.2) is 36.8 Å². The fraction of sp³-hybridized carbons (Fsp3) is 0.211. The Morgan fingerprint density at radius 2 is 2.04 bits per heavy atom. The third-order valence-corrected chi connectivity index (χ3v) is 4.10. The summed E-state index contributed by atoms with van der Waals surface area (Å²) in [6.45, 7) is 0.713. The molecule has 134 valence electrons. The van der Waals surface area contributed by atoms with Crippen LogP contribution < -0.4 is 15.1 Å². The molecular formula is C19H19N3O4. The van der Waals surface area contributed by atoms with E-state index in [9.17, 15) is 14.7 Å². The lowest BCUT2D eigenvalue weighted by molar-refractivity contribution is -0.117. The molecule has 2 aromatic rings. The van der Waals surface area contributed by atoms with Crippen LogP contribution in [0, 0.1) is 0 Å². The number of phenols is 1. The first-order valence-corrected chi connectivity index (χ1v) is 8.19. The largest absolute Gasteiger partial charge is 0.504 e. The highest BCUT2D eigenvalue weighted by molar-refractivity contribution is 5.97. The topological polar surface area (TPSA) is 91.2 Å². The van der Waals surface area contributed by atoms with Gasteiger partial charge in [0.05, 0.1) is 13.3 Å². The molecule has 26 heavy (non-hydrogen) atoms. The minimum Gasteiger partial charge on any atom is -0.504 e. The molecule has 2 aromatic carbocycles. The number of ether oxygens (including phenoxy) is 1. The van der Waals surface area contributed by atoms with Crippen LogP contribution in [0.25, 0.3) is 0 Å². The number of hydrogen-bond acceptors (Lipinski definition) is 5. The Morgan fingerprint density at radius 1 is 1.27 bits per heavy atom. The van der Waals surface area contributed by atoms with Gasteiger partial charge in [-0.1, -0.05) is 0 Å². The lowest BCUT2D eigenvalue weighted by Gasteiger charge is -2.15. The number of carbonyl (C=O) groups excluding carboxylic acids is 2. The first-order chi connectivity index (χ1) is 12.6. The minimum atomic E-state index is -0.355. The molecule has 2 amide bonds. The van der Waals surface area contributed by atoms with E-state index in [1.54, 1.807) is 41.3 Å². The Morgan fingerprint density at radius 3 is 2.69 bits per heavy atom. The van der Waals surface area contributed by atoms with Crippen LogP contribution in [0.1, 0.15) is 28.8 Å². The van der Waals surface area contributed by atoms with Crippen LogP contribution in [0.5, 0.6) is 11.5 Å². The van der Waals surface area contributed by atoms with Crippen molar-refractivity contribution in [3.63, 3.8) is 0 Å². The number of amides is 2. The van der Waals surface area contributed by atoms with Crippen molar-refractivity contribution in [1.82, 2.24) is 5.43 Å². The van der Waals surface area contributed by atoms with Crippen molar-refractivity contribution >= 4 is 23.7 Å². The number of nitrogens with zero attached hydrogens (tertiary/aromatic N) is 2. The Bertz CT molecular complexity index is 846. The molecule has 0 aliphatic carbocycles. The molecule has 0 spiro atoms. The van der Waals surface area contributed by atoms with E-state index in [-0.39, 0.29) is 17.6 Å². The minimum absolute atomic E-state index is 0.0326. The highest BCUT2D eigenvalue weighted by Gasteiger charge is 2.21. The number of benzene rings is 2. The third kappa shape index (κ3) is 3.83. The van der Waals surface area contributed by atoms with Gasteiger partial charge >= 0.3 is 0 Å². The Hall–Kier alpha value is -3.35. The zero-order chi connectivity index (χ0) is 18.5. The normalized spacial score (nSPS) is 14.0. The fourth-order valence-electron chi connectivity index (χ4n) is 2.72. The van der Waals surface area contributed by atoms with Gasteiger partial charge in [-0.3, -0.25) is 9.59 Å². The summed E-state index contributed by atoms with van der Waals surface area (Å²) in [7, 11) is 1.46. The van der Waals surface area contributed by atoms with Crippen LogP contribution in [0.4, 0.5) is 5.69 Å². The van der Waals surface area contributed by atoms with E-state index in [0.717, 1.165) is 12.1 Å². The average molecular weight is 353 g/mol. The molecule has 3 rings (SSSR count). The molecule has 1 heterocycles. The first kappa shape index (κ1) is 17.5. The second-order valence-electron chi connectivity index (χ2n) is 5.83. The lowest BCUT2D eigenvalue weighted by Crippen LogP contribution is -2.24. The number of methoxy groups -OCH3 is 1. The molecule has 7 nitrogen and oxygen atoms in total. The lowest BCUT2D eigenvalue weighted by atomic mass is 10.2. The Labute approximate surface area is 150 Å². The number of phenolic OH excluding ortho intramolecular Hbond substituents is 1. The van der Waals surface area contributed by atoms with E-state index in [0.29, 0.717) is 29.8 Å². The summed E-state index contributed by atoms with van der Waals surface area (Å²) in [5.41, 5.74) is 4.35. The smallest absolute Gasteiger partial charge is 0.271 e. The summed E-state index contributed by atoms with van der Waals surface area (Å²) in [4.78, 5) is 25.6. The van der Waals surface area contributed by atoms with Gasteiger partial charge in [0.1, 0.15) is 0 Å². The number of rotatable bonds is 5. The van der Waals surface area contributed by atoms with Crippen LogP contribution in [0.2, 0.25) is 0 Å². The van der Waals surface area contributed by atoms with Gasteiger partial charge in [0.2, 0.25) is 5.91 Å². The second kappa shape index (κ2) is 7.69. The van der Waals surface area contributed by atoms with E-state index < -0.39 is 0 Å². The number of hydrazone groups is 1. The molecular weight excluding hydrogens is 334 g/mol. The highest BCUT2D eigenvalue weighted by Crippen LogP contribution is 2.25. The van der Waals surface area contributed by atoms with E-state index >= 15 is 0 Å². The highest BCUT2D eigenvalue weighted by atomic mass is 16.5. The van der Waals surface area contributed by atoms with Gasteiger partial charge in [-0.2, -0.15) is 5.10 Å². The van der Waals surface area contributed by atoms with Crippen LogP contribution >= 0.6 is 0 Å². The molecule has 0 atom stereocenters. The second-order valence-corrected chi connectivity index (χ2v) is 5.83. The van der Waals surface area contributed by atoms with Crippen molar-refractivity contribution in [3.8, 4) is 11.5 Å². The van der Waals surface area contributed by atoms with Crippen molar-refractivity contribution < 1.29 is 19.4 Å². The van der Waals surface area contributed by atoms with E-state index in [1.807, 2.05) is 0 Å². The maximum absolute atomic E-state index is 12.1. The van der Waals surface area contributed by atoms with Gasteiger partial charge in [0, 0.05) is 24.2 Å². The Kier molecular flexibility index (Phi) is 5.17. The first-order valence-electron chi connectivity index (χ1n) is 8.19. The molecule has 2 N–H and O–H groups in total. The SMILES string of the molecule is COc1cc(/C=N\NC(=O)c2ccc(N3CCCC3=O)cc2)ccc1O. The third-order valence-electron chi connectivity index (χ3n) is 4.10. The molecule has 0 aromatic heterocycles. The van der Waals surface area contributed by atoms with E-state index in [2.05, 4.69) is 10.5 Å². The van der Waals surface area contributed by atoms with E-state index in [1.165, 1.54) is 19.4 Å². The molecule has 7 heteroatoms. The summed E-state index contributed by atoms with van der Waals surface area (Å²) >= 11 is 0. The van der Waals surface area contributed by atoms with Crippen LogP contribution in [0.3, 0.4) is 0 Å². The van der Waals surface area contributed by atoms with Crippen molar-refractivity contribution in [2.24, 2.45) is 5.10 Å². The predicted molar refractivity (Wildman–Crippen MR) is 97.7 cm³/mol. The average Bonchev–Trinajstić information content (AvgIpc) is 3.09. The van der Waals surface area contributed by atoms with Gasteiger partial charge < -0.3 is 14.7 Å². The molecule has 0 unspecified atom stereocenters. The maximum Gasteiger partial charge on any atom is 0.271 e. The fourth-order valence-corrected chi connectivity index (χ4v) is 2.72. The van der Waals surface area contributed by atoms with Crippen molar-refractivity contribution in [2.75, 3.05) is 18.6 Å². The molecule has 1 fully saturated rings. The zero-order valence-corrected chi connectivity index (χ0v) is 14.3. The van der Waals surface area contributed by atoms with Gasteiger partial charge in [-0.15, -0.1) is 0 Å². The maximum atomic E-state index is 12.1. The van der Waals surface area contributed by atoms with Gasteiger partial charge in [-0.05, 0) is 54.4 Å². The van der Waals surface area contributed by atoms with Gasteiger partial charge in [0.15, 0.2) is 11.5 Å². The summed E-state index contributed by atoms with van der Waals surface area (Å²) in [5.74, 6) is 0.111. The van der Waals surface area contributed by atoms with Crippen molar-refractivity contribution in [1.29, 1.82) is 0 Å². The number of carbonyl (C=O) groups is 2. The summed E-state index contributed by atoms with van der Waals surface area (Å²) < 4.78 is 5.02. The van der Waals surface area contributed by atoms with Gasteiger partial charge in [-0.25, -0.2) is 5.43 Å². The van der Waals surface area contributed by atoms with Crippen molar-refractivity contribution in [2.45, 2.75) is 12.8 Å². The monoisotopic (exact) mass is 353 g/mol. The summed E-state index contributed by atoms with van der Waals surface area (Å²) in [5, 5.41) is 13.5.